The molecule has 0 radical (unpaired) electrons. The largest absolute Gasteiger partial charge is 0.340 e. The molecule has 2 rings (SSSR count). The Hall–Kier alpha value is -2.24. The highest BCUT2D eigenvalue weighted by atomic mass is 19.1. The lowest BCUT2D eigenvalue weighted by atomic mass is 10.1. The fourth-order valence-corrected chi connectivity index (χ4v) is 1.70. The van der Waals surface area contributed by atoms with Gasteiger partial charge in [0.1, 0.15) is 11.9 Å². The quantitative estimate of drug-likeness (QED) is 0.744. The van der Waals surface area contributed by atoms with Gasteiger partial charge in [-0.05, 0) is 24.6 Å². The minimum absolute atomic E-state index is 0.139. The lowest BCUT2D eigenvalue weighted by Crippen LogP contribution is -2.52. The fourth-order valence-electron chi connectivity index (χ4n) is 1.70. The third kappa shape index (κ3) is 2.71. The number of rotatable bonds is 2. The number of halogens is 1. The van der Waals surface area contributed by atoms with E-state index < -0.39 is 23.7 Å². The molecule has 0 bridgehead atoms. The van der Waals surface area contributed by atoms with Crippen LogP contribution in [0.15, 0.2) is 24.3 Å². The molecular formula is C12H11FN2O3. The second-order valence-corrected chi connectivity index (χ2v) is 3.99. The highest BCUT2D eigenvalue weighted by Crippen LogP contribution is 2.07. The van der Waals surface area contributed by atoms with Crippen LogP contribution in [0.3, 0.4) is 0 Å². The van der Waals surface area contributed by atoms with Gasteiger partial charge in [-0.15, -0.1) is 0 Å². The molecule has 94 valence electrons. The van der Waals surface area contributed by atoms with Gasteiger partial charge >= 0.3 is 0 Å². The number of hydrogen-bond acceptors (Lipinski definition) is 3. The highest BCUT2D eigenvalue weighted by Gasteiger charge is 2.27. The Balaban J connectivity index is 2.03. The van der Waals surface area contributed by atoms with Crippen molar-refractivity contribution in [2.45, 2.75) is 18.9 Å². The summed E-state index contributed by atoms with van der Waals surface area (Å²) in [5, 5.41) is 4.59. The minimum Gasteiger partial charge on any atom is -0.340 e. The second kappa shape index (κ2) is 4.95. The van der Waals surface area contributed by atoms with Gasteiger partial charge in [0, 0.05) is 12.0 Å². The Morgan fingerprint density at radius 2 is 2.17 bits per heavy atom. The molecule has 0 aromatic heterocycles. The number of carbonyl (C=O) groups is 3. The molecule has 2 N–H and O–H groups in total. The van der Waals surface area contributed by atoms with Crippen LogP contribution in [0.25, 0.3) is 0 Å². The first kappa shape index (κ1) is 12.2. The van der Waals surface area contributed by atoms with Crippen LogP contribution in [0.5, 0.6) is 0 Å². The Kier molecular flexibility index (Phi) is 3.36. The summed E-state index contributed by atoms with van der Waals surface area (Å²) in [5.74, 6) is -1.94. The molecular weight excluding hydrogens is 239 g/mol. The van der Waals surface area contributed by atoms with E-state index in [9.17, 15) is 18.8 Å². The third-order valence-electron chi connectivity index (χ3n) is 2.63. The van der Waals surface area contributed by atoms with Crippen LogP contribution in [0, 0.1) is 5.82 Å². The number of imide groups is 1. The summed E-state index contributed by atoms with van der Waals surface area (Å²) < 4.78 is 12.9. The number of nitrogens with one attached hydrogen (secondary N) is 2. The smallest absolute Gasteiger partial charge is 0.252 e. The fraction of sp³-hybridized carbons (Fsp3) is 0.250. The van der Waals surface area contributed by atoms with Crippen molar-refractivity contribution in [1.29, 1.82) is 0 Å². The predicted octanol–water partition coefficient (Wildman–Crippen LogP) is 0.361. The van der Waals surface area contributed by atoms with Gasteiger partial charge in [0.05, 0.1) is 0 Å². The standard InChI is InChI=1S/C12H11FN2O3/c13-8-3-1-2-7(6-8)11(17)14-9-4-5-10(16)15-12(9)18/h1-3,6,9H,4-5H2,(H,14,17)(H,15,16,18)/t9-/m0/s1. The molecule has 18 heavy (non-hydrogen) atoms. The number of amides is 3. The molecule has 0 saturated carbocycles. The summed E-state index contributed by atoms with van der Waals surface area (Å²) in [6.45, 7) is 0. The maximum Gasteiger partial charge on any atom is 0.252 e. The maximum absolute atomic E-state index is 12.9. The van der Waals surface area contributed by atoms with Gasteiger partial charge in [-0.25, -0.2) is 4.39 Å². The molecule has 1 aromatic rings. The SMILES string of the molecule is O=C1CC[C@H](NC(=O)c2cccc(F)c2)C(=O)N1. The molecule has 1 fully saturated rings. The minimum atomic E-state index is -0.751. The average Bonchev–Trinajstić information content (AvgIpc) is 2.32. The molecule has 6 heteroatoms. The van der Waals surface area contributed by atoms with E-state index in [1.165, 1.54) is 18.2 Å². The highest BCUT2D eigenvalue weighted by molar-refractivity contribution is 6.03. The van der Waals surface area contributed by atoms with Crippen LogP contribution in [0.1, 0.15) is 23.2 Å². The van der Waals surface area contributed by atoms with Crippen molar-refractivity contribution in [3.8, 4) is 0 Å². The van der Waals surface area contributed by atoms with Crippen LogP contribution in [0.4, 0.5) is 4.39 Å². The third-order valence-corrected chi connectivity index (χ3v) is 2.63. The molecule has 1 atom stereocenters. The summed E-state index contributed by atoms with van der Waals surface area (Å²) in [5.41, 5.74) is 0.139. The van der Waals surface area contributed by atoms with Gasteiger partial charge < -0.3 is 5.32 Å². The lowest BCUT2D eigenvalue weighted by molar-refractivity contribution is -0.134. The Morgan fingerprint density at radius 3 is 2.83 bits per heavy atom. The van der Waals surface area contributed by atoms with Gasteiger partial charge in [0.2, 0.25) is 11.8 Å². The zero-order valence-electron chi connectivity index (χ0n) is 9.40. The van der Waals surface area contributed by atoms with Crippen LogP contribution in [-0.2, 0) is 9.59 Å². The number of benzene rings is 1. The van der Waals surface area contributed by atoms with E-state index in [0.29, 0.717) is 0 Å². The number of hydrogen-bond donors (Lipinski definition) is 2. The zero-order valence-corrected chi connectivity index (χ0v) is 9.40. The lowest BCUT2D eigenvalue weighted by Gasteiger charge is -2.21. The van der Waals surface area contributed by atoms with Gasteiger partial charge in [0.25, 0.3) is 5.91 Å². The van der Waals surface area contributed by atoms with E-state index >= 15 is 0 Å². The van der Waals surface area contributed by atoms with Gasteiger partial charge in [0.15, 0.2) is 0 Å². The molecule has 0 spiro atoms. The number of piperidine rings is 1. The summed E-state index contributed by atoms with van der Waals surface area (Å²) in [7, 11) is 0. The summed E-state index contributed by atoms with van der Waals surface area (Å²) >= 11 is 0. The Bertz CT molecular complexity index is 516. The first-order valence-electron chi connectivity index (χ1n) is 5.46. The summed E-state index contributed by atoms with van der Waals surface area (Å²) in [6, 6.07) is 4.42. The molecule has 1 saturated heterocycles. The average molecular weight is 250 g/mol. The van der Waals surface area contributed by atoms with E-state index in [1.54, 1.807) is 0 Å². The van der Waals surface area contributed by atoms with Crippen molar-refractivity contribution >= 4 is 17.7 Å². The van der Waals surface area contributed by atoms with Crippen molar-refractivity contribution in [2.24, 2.45) is 0 Å². The Morgan fingerprint density at radius 1 is 1.39 bits per heavy atom. The van der Waals surface area contributed by atoms with Gasteiger partial charge in [-0.1, -0.05) is 6.07 Å². The zero-order chi connectivity index (χ0) is 13.1. The van der Waals surface area contributed by atoms with Crippen molar-refractivity contribution in [2.75, 3.05) is 0 Å². The van der Waals surface area contributed by atoms with Crippen LogP contribution in [-0.4, -0.2) is 23.8 Å². The van der Waals surface area contributed by atoms with E-state index in [4.69, 9.17) is 0 Å². The van der Waals surface area contributed by atoms with Crippen molar-refractivity contribution in [3.63, 3.8) is 0 Å². The monoisotopic (exact) mass is 250 g/mol. The van der Waals surface area contributed by atoms with Gasteiger partial charge in [-0.3, -0.25) is 19.7 Å². The second-order valence-electron chi connectivity index (χ2n) is 3.99. The molecule has 1 aliphatic rings. The molecule has 1 aliphatic heterocycles. The van der Waals surface area contributed by atoms with E-state index in [2.05, 4.69) is 10.6 Å². The van der Waals surface area contributed by atoms with Crippen molar-refractivity contribution in [3.05, 3.63) is 35.6 Å². The topological polar surface area (TPSA) is 75.3 Å². The van der Waals surface area contributed by atoms with Crippen molar-refractivity contribution < 1.29 is 18.8 Å². The molecule has 3 amide bonds. The first-order valence-corrected chi connectivity index (χ1v) is 5.46. The normalized spacial score (nSPS) is 19.3. The van der Waals surface area contributed by atoms with Gasteiger partial charge in [-0.2, -0.15) is 0 Å². The van der Waals surface area contributed by atoms with Crippen LogP contribution < -0.4 is 10.6 Å². The maximum atomic E-state index is 12.9. The molecule has 1 heterocycles. The van der Waals surface area contributed by atoms with E-state index in [-0.39, 0.29) is 24.3 Å². The molecule has 0 unspecified atom stereocenters. The van der Waals surface area contributed by atoms with Crippen LogP contribution in [0.2, 0.25) is 0 Å². The first-order chi connectivity index (χ1) is 8.56. The van der Waals surface area contributed by atoms with Crippen LogP contribution >= 0.6 is 0 Å². The van der Waals surface area contributed by atoms with Crippen molar-refractivity contribution in [1.82, 2.24) is 10.6 Å². The van der Waals surface area contributed by atoms with E-state index in [0.717, 1.165) is 6.07 Å². The Labute approximate surface area is 102 Å². The molecule has 1 aromatic carbocycles. The predicted molar refractivity (Wildman–Crippen MR) is 60.0 cm³/mol. The molecule has 0 aliphatic carbocycles. The summed E-state index contributed by atoms with van der Waals surface area (Å²) in [4.78, 5) is 34.1. The summed E-state index contributed by atoms with van der Waals surface area (Å²) in [6.07, 6.45) is 0.436. The number of carbonyl (C=O) groups excluding carboxylic acids is 3. The van der Waals surface area contributed by atoms with E-state index in [1.807, 2.05) is 0 Å². The molecule has 5 nitrogen and oxygen atoms in total.